The summed E-state index contributed by atoms with van der Waals surface area (Å²) < 4.78 is 44.9. The molecule has 2 aromatic rings. The summed E-state index contributed by atoms with van der Waals surface area (Å²) >= 11 is 6.14. The number of likely N-dealkylation sites (tertiary alicyclic amines) is 2. The third kappa shape index (κ3) is 6.24. The molecule has 0 bridgehead atoms. The van der Waals surface area contributed by atoms with Crippen LogP contribution in [0.2, 0.25) is 5.02 Å². The summed E-state index contributed by atoms with van der Waals surface area (Å²) in [5, 5.41) is 0.614. The van der Waals surface area contributed by atoms with Gasteiger partial charge in [-0.15, -0.1) is 0 Å². The lowest BCUT2D eigenvalue weighted by molar-refractivity contribution is -0.144. The van der Waals surface area contributed by atoms with Gasteiger partial charge in [0.25, 0.3) is 0 Å². The van der Waals surface area contributed by atoms with Crippen LogP contribution in [0.25, 0.3) is 0 Å². The average Bonchev–Trinajstić information content (AvgIpc) is 3.70. The minimum atomic E-state index is -4.46. The number of hydrogen-bond donors (Lipinski definition) is 0. The molecule has 0 radical (unpaired) electrons. The Morgan fingerprint density at radius 3 is 2.25 bits per heavy atom. The smallest absolute Gasteiger partial charge is 0.417 e. The highest BCUT2D eigenvalue weighted by atomic mass is 35.5. The van der Waals surface area contributed by atoms with Crippen LogP contribution in [0.5, 0.6) is 5.88 Å². The predicted molar refractivity (Wildman–Crippen MR) is 145 cm³/mol. The quantitative estimate of drug-likeness (QED) is 0.411. The highest BCUT2D eigenvalue weighted by Gasteiger charge is 2.48. The van der Waals surface area contributed by atoms with Crippen LogP contribution in [-0.2, 0) is 15.8 Å². The fourth-order valence-electron chi connectivity index (χ4n) is 6.06. The lowest BCUT2D eigenvalue weighted by atomic mass is 9.77. The van der Waals surface area contributed by atoms with Crippen molar-refractivity contribution in [3.05, 3.63) is 58.7 Å². The van der Waals surface area contributed by atoms with Gasteiger partial charge in [0.05, 0.1) is 5.56 Å². The second-order valence-corrected chi connectivity index (χ2v) is 12.2. The van der Waals surface area contributed by atoms with Gasteiger partial charge in [0, 0.05) is 66.6 Å². The van der Waals surface area contributed by atoms with Gasteiger partial charge in [0.1, 0.15) is 6.10 Å². The summed E-state index contributed by atoms with van der Waals surface area (Å²) in [7, 11) is 0. The summed E-state index contributed by atoms with van der Waals surface area (Å²) in [5.74, 6) is 0.335. The van der Waals surface area contributed by atoms with Crippen molar-refractivity contribution in [1.29, 1.82) is 0 Å². The van der Waals surface area contributed by atoms with Crippen molar-refractivity contribution in [2.75, 3.05) is 26.2 Å². The maximum absolute atomic E-state index is 13.6. The molecular weight excluding hydrogens is 543 g/mol. The lowest BCUT2D eigenvalue weighted by Crippen LogP contribution is -2.50. The van der Waals surface area contributed by atoms with E-state index in [1.807, 2.05) is 47.9 Å². The Morgan fingerprint density at radius 1 is 1.02 bits per heavy atom. The third-order valence-corrected chi connectivity index (χ3v) is 9.15. The number of aromatic nitrogens is 1. The van der Waals surface area contributed by atoms with Crippen LogP contribution in [0.4, 0.5) is 13.2 Å². The first-order valence-electron chi connectivity index (χ1n) is 14.0. The Bertz CT molecular complexity index is 1210. The molecule has 6 nitrogen and oxygen atoms in total. The zero-order valence-electron chi connectivity index (χ0n) is 22.8. The van der Waals surface area contributed by atoms with Gasteiger partial charge in [-0.2, -0.15) is 13.2 Å². The minimum Gasteiger partial charge on any atom is -0.474 e. The first-order chi connectivity index (χ1) is 18.9. The van der Waals surface area contributed by atoms with Gasteiger partial charge in [0.15, 0.2) is 0 Å². The van der Waals surface area contributed by atoms with Crippen LogP contribution in [0, 0.1) is 17.3 Å². The zero-order chi connectivity index (χ0) is 28.7. The largest absolute Gasteiger partial charge is 0.474 e. The number of alkyl halides is 3. The van der Waals surface area contributed by atoms with Crippen molar-refractivity contribution in [1.82, 2.24) is 14.8 Å². The van der Waals surface area contributed by atoms with E-state index >= 15 is 0 Å². The van der Waals surface area contributed by atoms with E-state index in [1.165, 1.54) is 6.07 Å². The number of pyridine rings is 1. The van der Waals surface area contributed by atoms with E-state index < -0.39 is 11.7 Å². The molecule has 5 rings (SSSR count). The van der Waals surface area contributed by atoms with Gasteiger partial charge in [-0.05, 0) is 62.8 Å². The van der Waals surface area contributed by atoms with E-state index in [2.05, 4.69) is 4.98 Å². The maximum atomic E-state index is 13.6. The number of piperidine rings is 2. The van der Waals surface area contributed by atoms with E-state index in [4.69, 9.17) is 16.3 Å². The Labute approximate surface area is 237 Å². The first-order valence-corrected chi connectivity index (χ1v) is 14.4. The van der Waals surface area contributed by atoms with E-state index in [-0.39, 0.29) is 47.0 Å². The molecule has 3 aliphatic rings. The van der Waals surface area contributed by atoms with Crippen LogP contribution in [-0.4, -0.2) is 58.9 Å². The van der Waals surface area contributed by atoms with Crippen LogP contribution < -0.4 is 4.74 Å². The summed E-state index contributed by atoms with van der Waals surface area (Å²) in [4.78, 5) is 34.1. The van der Waals surface area contributed by atoms with E-state index in [0.717, 1.165) is 30.7 Å². The molecule has 2 aliphatic heterocycles. The number of carbonyl (C=O) groups is 2. The number of rotatable bonds is 6. The molecule has 10 heteroatoms. The fraction of sp³-hybridized carbons (Fsp3) is 0.567. The zero-order valence-corrected chi connectivity index (χ0v) is 23.5. The average molecular weight is 578 g/mol. The molecule has 0 N–H and O–H groups in total. The van der Waals surface area contributed by atoms with Crippen LogP contribution in [0.3, 0.4) is 0 Å². The molecule has 0 unspecified atom stereocenters. The number of halogens is 4. The summed E-state index contributed by atoms with van der Waals surface area (Å²) in [6, 6.07) is 9.78. The number of benzene rings is 1. The standard InChI is InChI=1S/C30H35ClF3N3O3/c1-19(40-26-8-5-22(17-35-26)30(32,33)34)24-11-16-37(18-25(24)20-3-6-23(31)7-4-20)27(38)21-9-14-36(15-10-21)28(39)29(2)12-13-29/h3-8,17,19,21,24-25H,9-16,18H2,1-2H3/t19-,24+,25+/m0/s1. The molecule has 1 aromatic carbocycles. The first kappa shape index (κ1) is 28.7. The molecule has 2 saturated heterocycles. The highest BCUT2D eigenvalue weighted by molar-refractivity contribution is 6.30. The van der Waals surface area contributed by atoms with Crippen molar-refractivity contribution in [2.45, 2.75) is 64.1 Å². The van der Waals surface area contributed by atoms with E-state index in [0.29, 0.717) is 50.5 Å². The van der Waals surface area contributed by atoms with Gasteiger partial charge in [0.2, 0.25) is 17.7 Å². The lowest BCUT2D eigenvalue weighted by Gasteiger charge is -2.43. The van der Waals surface area contributed by atoms with Gasteiger partial charge in [-0.3, -0.25) is 9.59 Å². The molecule has 3 atom stereocenters. The molecule has 1 aromatic heterocycles. The molecule has 3 heterocycles. The number of ether oxygens (including phenoxy) is 1. The van der Waals surface area contributed by atoms with Gasteiger partial charge >= 0.3 is 6.18 Å². The normalized spacial score (nSPS) is 23.9. The highest BCUT2D eigenvalue weighted by Crippen LogP contribution is 2.47. The summed E-state index contributed by atoms with van der Waals surface area (Å²) in [6.07, 6.45) is -0.111. The molecule has 1 aliphatic carbocycles. The van der Waals surface area contributed by atoms with Gasteiger partial charge in [-0.1, -0.05) is 30.7 Å². The van der Waals surface area contributed by atoms with Crippen LogP contribution in [0.15, 0.2) is 42.6 Å². The van der Waals surface area contributed by atoms with Crippen molar-refractivity contribution >= 4 is 23.4 Å². The molecule has 1 saturated carbocycles. The number of amides is 2. The Hall–Kier alpha value is -2.81. The van der Waals surface area contributed by atoms with Crippen molar-refractivity contribution in [2.24, 2.45) is 17.3 Å². The second-order valence-electron chi connectivity index (χ2n) is 11.7. The predicted octanol–water partition coefficient (Wildman–Crippen LogP) is 6.19. The number of nitrogens with zero attached hydrogens (tertiary/aromatic N) is 3. The van der Waals surface area contributed by atoms with Crippen molar-refractivity contribution in [3.8, 4) is 5.88 Å². The van der Waals surface area contributed by atoms with Gasteiger partial charge in [-0.25, -0.2) is 4.98 Å². The Balaban J connectivity index is 1.26. The Morgan fingerprint density at radius 2 is 1.68 bits per heavy atom. The molecule has 0 spiro atoms. The monoisotopic (exact) mass is 577 g/mol. The SMILES string of the molecule is C[C@H](Oc1ccc(C(F)(F)F)cn1)[C@H]1CCN(C(=O)C2CCN(C(=O)C3(C)CC3)CC2)C[C@@H]1c1ccc(Cl)cc1. The molecule has 3 fully saturated rings. The van der Waals surface area contributed by atoms with Crippen molar-refractivity contribution < 1.29 is 27.5 Å². The Kier molecular flexibility index (Phi) is 8.06. The van der Waals surface area contributed by atoms with E-state index in [1.54, 1.807) is 0 Å². The third-order valence-electron chi connectivity index (χ3n) is 8.90. The second kappa shape index (κ2) is 11.2. The molecular formula is C30H35ClF3N3O3. The molecule has 2 amide bonds. The molecule has 40 heavy (non-hydrogen) atoms. The maximum Gasteiger partial charge on any atom is 0.417 e. The number of carbonyl (C=O) groups excluding carboxylic acids is 2. The summed E-state index contributed by atoms with van der Waals surface area (Å²) in [6.45, 7) is 6.23. The molecule has 216 valence electrons. The van der Waals surface area contributed by atoms with Crippen LogP contribution in [0.1, 0.15) is 63.0 Å². The van der Waals surface area contributed by atoms with Crippen LogP contribution >= 0.6 is 11.6 Å². The van der Waals surface area contributed by atoms with E-state index in [9.17, 15) is 22.8 Å². The minimum absolute atomic E-state index is 0.00747. The topological polar surface area (TPSA) is 62.7 Å². The fourth-order valence-corrected chi connectivity index (χ4v) is 6.19. The van der Waals surface area contributed by atoms with Gasteiger partial charge < -0.3 is 14.5 Å². The summed E-state index contributed by atoms with van der Waals surface area (Å²) in [5.41, 5.74) is 0.00949. The number of hydrogen-bond acceptors (Lipinski definition) is 4. The van der Waals surface area contributed by atoms with Crippen molar-refractivity contribution in [3.63, 3.8) is 0 Å².